The van der Waals surface area contributed by atoms with Gasteiger partial charge in [0, 0.05) is 50.7 Å². The van der Waals surface area contributed by atoms with E-state index in [1.165, 1.54) is 6.07 Å². The lowest BCUT2D eigenvalue weighted by molar-refractivity contribution is 0.0343. The molecule has 1 unspecified atom stereocenters. The maximum absolute atomic E-state index is 13.7. The number of carbonyl (C=O) groups is 1. The van der Waals surface area contributed by atoms with Crippen molar-refractivity contribution in [1.29, 1.82) is 0 Å². The third-order valence-corrected chi connectivity index (χ3v) is 9.53. The molecular formula is C30H33F2N7O4S. The van der Waals surface area contributed by atoms with E-state index in [4.69, 9.17) is 4.74 Å². The number of nitrogens with one attached hydrogen (secondary N) is 3. The van der Waals surface area contributed by atoms with Crippen molar-refractivity contribution in [2.45, 2.75) is 36.1 Å². The normalized spacial score (nSPS) is 18.0. The molecule has 2 aromatic heterocycles. The van der Waals surface area contributed by atoms with Crippen molar-refractivity contribution in [3.05, 3.63) is 71.4 Å². The molecule has 4 aromatic rings. The number of carbonyl (C=O) groups excluding carboxylic acids is 1. The minimum Gasteiger partial charge on any atom is -0.369 e. The Morgan fingerprint density at radius 1 is 1.07 bits per heavy atom. The van der Waals surface area contributed by atoms with Crippen molar-refractivity contribution in [2.24, 2.45) is 0 Å². The summed E-state index contributed by atoms with van der Waals surface area (Å²) in [6, 6.07) is 9.58. The molecule has 2 saturated heterocycles. The molecule has 2 aliphatic rings. The number of ether oxygens (including phenoxy) is 1. The van der Waals surface area contributed by atoms with Gasteiger partial charge >= 0.3 is 0 Å². The summed E-state index contributed by atoms with van der Waals surface area (Å²) >= 11 is 0. The van der Waals surface area contributed by atoms with E-state index in [1.807, 2.05) is 12.1 Å². The molecule has 0 radical (unpaired) electrons. The number of H-pyrrole nitrogens is 1. The van der Waals surface area contributed by atoms with E-state index in [0.29, 0.717) is 23.9 Å². The first kappa shape index (κ1) is 29.9. The lowest BCUT2D eigenvalue weighted by atomic mass is 10.1. The van der Waals surface area contributed by atoms with Crippen LogP contribution in [-0.4, -0.2) is 80.5 Å². The van der Waals surface area contributed by atoms with Crippen LogP contribution in [-0.2, 0) is 20.3 Å². The number of fused-ring (bicyclic) bond motifs is 1. The zero-order valence-electron chi connectivity index (χ0n) is 24.1. The van der Waals surface area contributed by atoms with Gasteiger partial charge in [0.15, 0.2) is 15.5 Å². The van der Waals surface area contributed by atoms with E-state index in [2.05, 4.69) is 42.7 Å². The van der Waals surface area contributed by atoms with Crippen LogP contribution in [0.25, 0.3) is 11.0 Å². The topological polar surface area (TPSA) is 133 Å². The highest BCUT2D eigenvalue weighted by molar-refractivity contribution is 7.90. The fraction of sp³-hybridized carbons (Fsp3) is 0.367. The highest BCUT2D eigenvalue weighted by Crippen LogP contribution is 2.30. The van der Waals surface area contributed by atoms with Gasteiger partial charge in [0.1, 0.15) is 23.7 Å². The second kappa shape index (κ2) is 12.5. The Bertz CT molecular complexity index is 1770. The van der Waals surface area contributed by atoms with Crippen molar-refractivity contribution in [3.8, 4) is 0 Å². The number of rotatable bonds is 8. The van der Waals surface area contributed by atoms with Crippen LogP contribution in [0.3, 0.4) is 0 Å². The molecule has 0 bridgehead atoms. The summed E-state index contributed by atoms with van der Waals surface area (Å²) in [7, 11) is -1.94. The number of sulfone groups is 1. The SMILES string of the molecule is CN1CCN(c2ccc(C(=O)Nc3[nH]nc4ncc(S(=O)(=O)Cc5cc(F)cc(F)c5)cc34)c(NC3CCCCO3)c2)CC1. The predicted molar refractivity (Wildman–Crippen MR) is 162 cm³/mol. The number of hydrogen-bond donors (Lipinski definition) is 3. The zero-order chi connectivity index (χ0) is 30.8. The third kappa shape index (κ3) is 6.66. The van der Waals surface area contributed by atoms with Crippen LogP contribution < -0.4 is 15.5 Å². The third-order valence-electron chi connectivity index (χ3n) is 7.87. The Morgan fingerprint density at radius 2 is 1.84 bits per heavy atom. The molecule has 0 spiro atoms. The van der Waals surface area contributed by atoms with Crippen molar-refractivity contribution in [2.75, 3.05) is 55.4 Å². The Hall–Kier alpha value is -4.14. The number of amides is 1. The summed E-state index contributed by atoms with van der Waals surface area (Å²) < 4.78 is 59.5. The minimum absolute atomic E-state index is 0.0367. The molecule has 232 valence electrons. The van der Waals surface area contributed by atoms with Gasteiger partial charge in [-0.15, -0.1) is 0 Å². The van der Waals surface area contributed by atoms with E-state index < -0.39 is 33.1 Å². The molecule has 2 fully saturated rings. The summed E-state index contributed by atoms with van der Waals surface area (Å²) in [6.45, 7) is 4.26. The average Bonchev–Trinajstić information content (AvgIpc) is 3.39. The number of pyridine rings is 1. The molecule has 0 saturated carbocycles. The highest BCUT2D eigenvalue weighted by atomic mass is 32.2. The largest absolute Gasteiger partial charge is 0.369 e. The van der Waals surface area contributed by atoms with E-state index >= 15 is 0 Å². The number of anilines is 3. The van der Waals surface area contributed by atoms with Gasteiger partial charge in [0.05, 0.1) is 27.3 Å². The summed E-state index contributed by atoms with van der Waals surface area (Å²) in [4.78, 5) is 22.2. The van der Waals surface area contributed by atoms with Gasteiger partial charge in [-0.05, 0) is 68.3 Å². The van der Waals surface area contributed by atoms with Crippen LogP contribution in [0.1, 0.15) is 35.2 Å². The Morgan fingerprint density at radius 3 is 2.57 bits per heavy atom. The number of likely N-dealkylation sites (N-methyl/N-ethyl adjacent to an activating group) is 1. The van der Waals surface area contributed by atoms with Gasteiger partial charge < -0.3 is 25.2 Å². The fourth-order valence-corrected chi connectivity index (χ4v) is 6.75. The number of aromatic amines is 1. The molecular weight excluding hydrogens is 592 g/mol. The van der Waals surface area contributed by atoms with Gasteiger partial charge in [-0.2, -0.15) is 5.10 Å². The number of hydrogen-bond acceptors (Lipinski definition) is 9. The van der Waals surface area contributed by atoms with E-state index in [0.717, 1.165) is 69.5 Å². The maximum Gasteiger partial charge on any atom is 0.258 e. The van der Waals surface area contributed by atoms with Gasteiger partial charge in [0.2, 0.25) is 0 Å². The number of halogens is 2. The molecule has 2 aliphatic heterocycles. The van der Waals surface area contributed by atoms with Crippen molar-refractivity contribution < 1.29 is 26.7 Å². The van der Waals surface area contributed by atoms with Crippen molar-refractivity contribution >= 4 is 44.0 Å². The Labute approximate surface area is 253 Å². The van der Waals surface area contributed by atoms with Crippen LogP contribution in [0, 0.1) is 11.6 Å². The standard InChI is InChI=1S/C30H33F2N7O4S/c1-38-7-9-39(10-8-38)22-5-6-24(26(15-22)34-27-4-2-3-11-43-27)30(40)35-29-25-16-23(17-33-28(25)36-37-29)44(41,42)18-19-12-20(31)14-21(32)13-19/h5-6,12-17,27,34H,2-4,7-11,18H2,1H3,(H2,33,35,36,37,40). The maximum atomic E-state index is 13.7. The summed E-state index contributed by atoms with van der Waals surface area (Å²) in [5, 5.41) is 13.3. The lowest BCUT2D eigenvalue weighted by Gasteiger charge is -2.34. The number of nitrogens with zero attached hydrogens (tertiary/aromatic N) is 4. The molecule has 14 heteroatoms. The second-order valence-corrected chi connectivity index (χ2v) is 13.1. The molecule has 3 N–H and O–H groups in total. The monoisotopic (exact) mass is 625 g/mol. The van der Waals surface area contributed by atoms with Crippen molar-refractivity contribution in [1.82, 2.24) is 20.1 Å². The van der Waals surface area contributed by atoms with Crippen LogP contribution in [0.5, 0.6) is 0 Å². The van der Waals surface area contributed by atoms with Gasteiger partial charge in [0.25, 0.3) is 5.91 Å². The summed E-state index contributed by atoms with van der Waals surface area (Å²) in [5.41, 5.74) is 2.15. The smallest absolute Gasteiger partial charge is 0.258 e. The van der Waals surface area contributed by atoms with Crippen molar-refractivity contribution in [3.63, 3.8) is 0 Å². The molecule has 44 heavy (non-hydrogen) atoms. The molecule has 1 amide bonds. The first-order valence-corrected chi connectivity index (χ1v) is 16.1. The van der Waals surface area contributed by atoms with Crippen LogP contribution >= 0.6 is 0 Å². The van der Waals surface area contributed by atoms with Crippen LogP contribution in [0.15, 0.2) is 53.6 Å². The summed E-state index contributed by atoms with van der Waals surface area (Å²) in [5.74, 6) is -2.66. The van der Waals surface area contributed by atoms with E-state index in [9.17, 15) is 22.0 Å². The average molecular weight is 626 g/mol. The molecule has 11 nitrogen and oxygen atoms in total. The predicted octanol–water partition coefficient (Wildman–Crippen LogP) is 4.15. The van der Waals surface area contributed by atoms with E-state index in [-0.39, 0.29) is 33.5 Å². The second-order valence-electron chi connectivity index (χ2n) is 11.2. The van der Waals surface area contributed by atoms with Gasteiger partial charge in [-0.3, -0.25) is 9.89 Å². The van der Waals surface area contributed by atoms with E-state index in [1.54, 1.807) is 6.07 Å². The zero-order valence-corrected chi connectivity index (χ0v) is 25.0. The molecule has 4 heterocycles. The summed E-state index contributed by atoms with van der Waals surface area (Å²) in [6.07, 6.45) is 3.72. The van der Waals surface area contributed by atoms with Gasteiger partial charge in [-0.1, -0.05) is 0 Å². The minimum atomic E-state index is -4.04. The fourth-order valence-electron chi connectivity index (χ4n) is 5.46. The molecule has 6 rings (SSSR count). The Kier molecular flexibility index (Phi) is 8.47. The number of benzene rings is 2. The van der Waals surface area contributed by atoms with Crippen LogP contribution in [0.2, 0.25) is 0 Å². The van der Waals surface area contributed by atoms with Crippen LogP contribution in [0.4, 0.5) is 26.0 Å². The lowest BCUT2D eigenvalue weighted by Crippen LogP contribution is -2.44. The highest BCUT2D eigenvalue weighted by Gasteiger charge is 2.23. The number of aromatic nitrogens is 3. The first-order valence-electron chi connectivity index (χ1n) is 14.4. The number of piperazine rings is 1. The quantitative estimate of drug-likeness (QED) is 0.264. The van der Waals surface area contributed by atoms with Gasteiger partial charge in [-0.25, -0.2) is 22.2 Å². The molecule has 1 atom stereocenters. The first-order chi connectivity index (χ1) is 21.1. The molecule has 2 aromatic carbocycles. The molecule has 0 aliphatic carbocycles. The Balaban J connectivity index is 1.27.